The summed E-state index contributed by atoms with van der Waals surface area (Å²) in [5.74, 6) is 0. The van der Waals surface area contributed by atoms with Gasteiger partial charge in [-0.3, -0.25) is 14.4 Å². The fourth-order valence-corrected chi connectivity index (χ4v) is 2.86. The molecular formula is C8H18N2O4S. The molecule has 15 heavy (non-hydrogen) atoms. The van der Waals surface area contributed by atoms with Crippen LogP contribution >= 0.6 is 0 Å². The van der Waals surface area contributed by atoms with E-state index in [-0.39, 0.29) is 13.2 Å². The summed E-state index contributed by atoms with van der Waals surface area (Å²) >= 11 is 0. The highest BCUT2D eigenvalue weighted by Gasteiger charge is 2.34. The number of likely N-dealkylation sites (N-methyl/N-ethyl adjacent to an activating group) is 1. The van der Waals surface area contributed by atoms with Gasteiger partial charge in [-0.1, -0.05) is 6.92 Å². The number of rotatable bonds is 4. The number of hydrogen-bond donors (Lipinski definition) is 2. The lowest BCUT2D eigenvalue weighted by atomic mass is 10.3. The Balaban J connectivity index is 2.70. The smallest absolute Gasteiger partial charge is 0.282 e. The van der Waals surface area contributed by atoms with Crippen molar-refractivity contribution in [3.8, 4) is 0 Å². The van der Waals surface area contributed by atoms with E-state index >= 15 is 0 Å². The van der Waals surface area contributed by atoms with Gasteiger partial charge in [-0.15, -0.1) is 0 Å². The van der Waals surface area contributed by atoms with Crippen molar-refractivity contribution in [3.05, 3.63) is 0 Å². The fraction of sp³-hybridized carbons (Fsp3) is 1.00. The standard InChI is InChI=1S/C8H18N2O4S/c1-2-10-4-3-9(5-6-11)7-8(10)15(12,13)14/h8,11H,2-7H2,1H3,(H,12,13,14). The second kappa shape index (κ2) is 5.22. The van der Waals surface area contributed by atoms with Crippen LogP contribution in [0.3, 0.4) is 0 Å². The summed E-state index contributed by atoms with van der Waals surface area (Å²) < 4.78 is 31.3. The van der Waals surface area contributed by atoms with Crippen LogP contribution in [0.25, 0.3) is 0 Å². The normalized spacial score (nSPS) is 25.7. The van der Waals surface area contributed by atoms with Crippen molar-refractivity contribution in [1.82, 2.24) is 9.80 Å². The van der Waals surface area contributed by atoms with Crippen LogP contribution in [0, 0.1) is 0 Å². The minimum Gasteiger partial charge on any atom is -0.395 e. The first-order valence-electron chi connectivity index (χ1n) is 5.02. The van der Waals surface area contributed by atoms with E-state index in [0.29, 0.717) is 19.6 Å². The summed E-state index contributed by atoms with van der Waals surface area (Å²) in [7, 11) is -4.04. The van der Waals surface area contributed by atoms with E-state index < -0.39 is 15.5 Å². The third kappa shape index (κ3) is 3.39. The second-order valence-corrected chi connectivity index (χ2v) is 5.20. The molecule has 0 aromatic heterocycles. The van der Waals surface area contributed by atoms with Gasteiger partial charge in [-0.25, -0.2) is 0 Å². The van der Waals surface area contributed by atoms with E-state index in [2.05, 4.69) is 0 Å². The topological polar surface area (TPSA) is 81.1 Å². The maximum Gasteiger partial charge on any atom is 0.282 e. The first-order valence-corrected chi connectivity index (χ1v) is 6.53. The maximum absolute atomic E-state index is 11.1. The van der Waals surface area contributed by atoms with E-state index in [0.717, 1.165) is 6.54 Å². The number of hydrogen-bond acceptors (Lipinski definition) is 5. The quantitative estimate of drug-likeness (QED) is 0.601. The summed E-state index contributed by atoms with van der Waals surface area (Å²) in [4.78, 5) is 3.56. The maximum atomic E-state index is 11.1. The lowest BCUT2D eigenvalue weighted by Crippen LogP contribution is -2.56. The molecular weight excluding hydrogens is 220 g/mol. The molecule has 0 saturated carbocycles. The SMILES string of the molecule is CCN1CCN(CCO)CC1S(=O)(=O)O. The Morgan fingerprint density at radius 2 is 2.07 bits per heavy atom. The molecule has 0 aromatic rings. The number of aliphatic hydroxyl groups excluding tert-OH is 1. The molecule has 1 fully saturated rings. The highest BCUT2D eigenvalue weighted by molar-refractivity contribution is 7.86. The van der Waals surface area contributed by atoms with Gasteiger partial charge in [-0.05, 0) is 6.54 Å². The van der Waals surface area contributed by atoms with Crippen molar-refractivity contribution in [2.45, 2.75) is 12.3 Å². The Hall–Kier alpha value is -0.210. The molecule has 1 atom stereocenters. The molecule has 7 heteroatoms. The van der Waals surface area contributed by atoms with E-state index in [1.165, 1.54) is 0 Å². The van der Waals surface area contributed by atoms with Crippen molar-refractivity contribution in [2.24, 2.45) is 0 Å². The molecule has 0 amide bonds. The molecule has 90 valence electrons. The van der Waals surface area contributed by atoms with Gasteiger partial charge in [0, 0.05) is 26.2 Å². The average Bonchev–Trinajstić information content (AvgIpc) is 2.17. The molecule has 1 rings (SSSR count). The Morgan fingerprint density at radius 1 is 1.40 bits per heavy atom. The van der Waals surface area contributed by atoms with E-state index in [4.69, 9.17) is 9.66 Å². The largest absolute Gasteiger partial charge is 0.395 e. The Bertz CT molecular complexity index is 293. The monoisotopic (exact) mass is 238 g/mol. The van der Waals surface area contributed by atoms with Crippen molar-refractivity contribution >= 4 is 10.1 Å². The fourth-order valence-electron chi connectivity index (χ4n) is 1.83. The molecule has 1 aliphatic rings. The number of piperazine rings is 1. The molecule has 6 nitrogen and oxygen atoms in total. The Kier molecular flexibility index (Phi) is 4.47. The molecule has 0 bridgehead atoms. The van der Waals surface area contributed by atoms with Gasteiger partial charge >= 0.3 is 0 Å². The molecule has 2 N–H and O–H groups in total. The van der Waals surface area contributed by atoms with Crippen LogP contribution in [0.5, 0.6) is 0 Å². The Labute approximate surface area is 90.2 Å². The first-order chi connectivity index (χ1) is 6.99. The van der Waals surface area contributed by atoms with Crippen molar-refractivity contribution < 1.29 is 18.1 Å². The zero-order chi connectivity index (χ0) is 11.5. The Morgan fingerprint density at radius 3 is 2.53 bits per heavy atom. The van der Waals surface area contributed by atoms with E-state index in [1.807, 2.05) is 11.8 Å². The summed E-state index contributed by atoms with van der Waals surface area (Å²) in [5.41, 5.74) is 0. The molecule has 0 aromatic carbocycles. The molecule has 0 aliphatic carbocycles. The van der Waals surface area contributed by atoms with E-state index in [9.17, 15) is 8.42 Å². The molecule has 0 radical (unpaired) electrons. The highest BCUT2D eigenvalue weighted by Crippen LogP contribution is 2.13. The van der Waals surface area contributed by atoms with Crippen LogP contribution in [0.1, 0.15) is 6.92 Å². The van der Waals surface area contributed by atoms with Crippen molar-refractivity contribution in [2.75, 3.05) is 39.3 Å². The van der Waals surface area contributed by atoms with Gasteiger partial charge in [-0.2, -0.15) is 8.42 Å². The van der Waals surface area contributed by atoms with Crippen LogP contribution in [0.4, 0.5) is 0 Å². The van der Waals surface area contributed by atoms with Gasteiger partial charge in [0.15, 0.2) is 5.37 Å². The molecule has 1 heterocycles. The molecule has 1 aliphatic heterocycles. The molecule has 1 saturated heterocycles. The number of nitrogens with zero attached hydrogens (tertiary/aromatic N) is 2. The first kappa shape index (κ1) is 12.9. The zero-order valence-electron chi connectivity index (χ0n) is 8.83. The number of β-amino-alcohol motifs (C(OH)–C–C–N with tert-alkyl or cyclic N) is 1. The summed E-state index contributed by atoms with van der Waals surface area (Å²) in [6.07, 6.45) is 0. The van der Waals surface area contributed by atoms with Crippen molar-refractivity contribution in [3.63, 3.8) is 0 Å². The zero-order valence-corrected chi connectivity index (χ0v) is 9.65. The van der Waals surface area contributed by atoms with E-state index in [1.54, 1.807) is 4.90 Å². The van der Waals surface area contributed by atoms with Crippen LogP contribution in [0.2, 0.25) is 0 Å². The molecule has 0 spiro atoms. The summed E-state index contributed by atoms with van der Waals surface area (Å²) in [6, 6.07) is 0. The van der Waals surface area contributed by atoms with Crippen LogP contribution in [-0.4, -0.2) is 72.6 Å². The number of aliphatic hydroxyl groups is 1. The highest BCUT2D eigenvalue weighted by atomic mass is 32.2. The molecule has 1 unspecified atom stereocenters. The predicted molar refractivity (Wildman–Crippen MR) is 56.1 cm³/mol. The van der Waals surface area contributed by atoms with Gasteiger partial charge < -0.3 is 5.11 Å². The van der Waals surface area contributed by atoms with Crippen LogP contribution in [-0.2, 0) is 10.1 Å². The lowest BCUT2D eigenvalue weighted by Gasteiger charge is -2.38. The van der Waals surface area contributed by atoms with Gasteiger partial charge in [0.1, 0.15) is 0 Å². The summed E-state index contributed by atoms with van der Waals surface area (Å²) in [5, 5.41) is 7.90. The van der Waals surface area contributed by atoms with Crippen molar-refractivity contribution in [1.29, 1.82) is 0 Å². The van der Waals surface area contributed by atoms with Crippen LogP contribution in [0.15, 0.2) is 0 Å². The van der Waals surface area contributed by atoms with Gasteiger partial charge in [0.05, 0.1) is 6.61 Å². The van der Waals surface area contributed by atoms with Gasteiger partial charge in [0.2, 0.25) is 0 Å². The average molecular weight is 238 g/mol. The third-order valence-electron chi connectivity index (χ3n) is 2.69. The second-order valence-electron chi connectivity index (χ2n) is 3.62. The lowest BCUT2D eigenvalue weighted by molar-refractivity contribution is 0.0952. The van der Waals surface area contributed by atoms with Gasteiger partial charge in [0.25, 0.3) is 10.1 Å². The predicted octanol–water partition coefficient (Wildman–Crippen LogP) is -1.17. The minimum absolute atomic E-state index is 0.00429. The third-order valence-corrected chi connectivity index (χ3v) is 3.83. The van der Waals surface area contributed by atoms with Crippen LogP contribution < -0.4 is 0 Å². The minimum atomic E-state index is -4.04. The summed E-state index contributed by atoms with van der Waals surface area (Å²) in [6.45, 7) is 4.49.